The Morgan fingerprint density at radius 3 is 2.36 bits per heavy atom. The molecule has 0 amide bonds. The maximum atomic E-state index is 14.2. The van der Waals surface area contributed by atoms with Gasteiger partial charge in [-0.15, -0.1) is 0 Å². The molecule has 5 rings (SSSR count). The largest absolute Gasteiger partial charge is 0.493 e. The fraction of sp³-hybridized carbons (Fsp3) is 0.258. The molecule has 0 saturated heterocycles. The van der Waals surface area contributed by atoms with E-state index in [0.29, 0.717) is 36.6 Å². The van der Waals surface area contributed by atoms with Crippen molar-refractivity contribution in [3.63, 3.8) is 0 Å². The molecule has 4 aromatic rings. The summed E-state index contributed by atoms with van der Waals surface area (Å²) < 4.78 is 22.3. The summed E-state index contributed by atoms with van der Waals surface area (Å²) in [6.45, 7) is 7.77. The van der Waals surface area contributed by atoms with Crippen molar-refractivity contribution in [3.8, 4) is 17.2 Å². The molecule has 1 atom stereocenters. The second-order valence-electron chi connectivity index (χ2n) is 9.67. The highest BCUT2D eigenvalue weighted by Crippen LogP contribution is 2.40. The van der Waals surface area contributed by atoms with E-state index in [0.717, 1.165) is 27.1 Å². The van der Waals surface area contributed by atoms with Crippen molar-refractivity contribution >= 4 is 55.2 Å². The molecule has 0 aliphatic carbocycles. The fourth-order valence-electron chi connectivity index (χ4n) is 5.23. The Kier molecular flexibility index (Phi) is 8.63. The number of rotatable bonds is 7. The number of nitrogens with zero attached hydrogens (tertiary/aromatic N) is 3. The predicted octanol–water partition coefficient (Wildman–Crippen LogP) is 5.75. The first-order valence-corrected chi connectivity index (χ1v) is 15.6. The Labute approximate surface area is 263 Å². The molecule has 2 aromatic heterocycles. The van der Waals surface area contributed by atoms with Crippen molar-refractivity contribution < 1.29 is 19.0 Å². The molecule has 0 spiro atoms. The third kappa shape index (κ3) is 5.29. The van der Waals surface area contributed by atoms with Gasteiger partial charge in [0.05, 0.1) is 42.7 Å². The molecule has 42 heavy (non-hydrogen) atoms. The number of fused-ring (bicyclic) bond motifs is 1. The maximum Gasteiger partial charge on any atom is 0.338 e. The smallest absolute Gasteiger partial charge is 0.338 e. The van der Waals surface area contributed by atoms with Crippen LogP contribution in [0.1, 0.15) is 42.4 Å². The standard InChI is InChI=1S/C31H29Br2N3O5S/c1-7-41-30(38)27-17(3)34-31-36(28(27)22-14-24(39-5)25(40-6)15-23(22)33)29(37)26(42-31)13-19-12-16(2)35(18(19)4)21-10-8-20(32)9-11-21/h8-15,28H,7H2,1-6H3/b26-13-/t28-/m0/s1. The van der Waals surface area contributed by atoms with Gasteiger partial charge in [-0.25, -0.2) is 9.79 Å². The third-order valence-corrected chi connectivity index (χ3v) is 9.35. The van der Waals surface area contributed by atoms with Gasteiger partial charge >= 0.3 is 5.97 Å². The topological polar surface area (TPSA) is 84.1 Å². The van der Waals surface area contributed by atoms with Crippen LogP contribution in [0.3, 0.4) is 0 Å². The minimum absolute atomic E-state index is 0.188. The number of esters is 1. The Hall–Kier alpha value is -3.41. The maximum absolute atomic E-state index is 14.2. The molecule has 8 nitrogen and oxygen atoms in total. The molecule has 1 aliphatic rings. The highest BCUT2D eigenvalue weighted by molar-refractivity contribution is 9.10. The van der Waals surface area contributed by atoms with Crippen LogP contribution in [0.25, 0.3) is 11.8 Å². The highest BCUT2D eigenvalue weighted by atomic mass is 79.9. The highest BCUT2D eigenvalue weighted by Gasteiger charge is 2.35. The average Bonchev–Trinajstić information content (AvgIpc) is 3.42. The van der Waals surface area contributed by atoms with Crippen LogP contribution in [0.15, 0.2) is 72.5 Å². The first-order valence-electron chi connectivity index (χ1n) is 13.2. The van der Waals surface area contributed by atoms with Gasteiger partial charge in [-0.2, -0.15) is 0 Å². The molecule has 0 bridgehead atoms. The summed E-state index contributed by atoms with van der Waals surface area (Å²) in [4.78, 5) is 32.6. The van der Waals surface area contributed by atoms with Crippen LogP contribution in [-0.2, 0) is 9.53 Å². The van der Waals surface area contributed by atoms with Gasteiger partial charge in [-0.3, -0.25) is 9.36 Å². The number of hydrogen-bond donors (Lipinski definition) is 0. The van der Waals surface area contributed by atoms with Crippen LogP contribution < -0.4 is 24.4 Å². The van der Waals surface area contributed by atoms with Gasteiger partial charge in [-0.05, 0) is 87.4 Å². The number of hydrogen-bond acceptors (Lipinski definition) is 7. The van der Waals surface area contributed by atoms with Crippen LogP contribution in [0.4, 0.5) is 0 Å². The van der Waals surface area contributed by atoms with E-state index in [9.17, 15) is 9.59 Å². The quantitative estimate of drug-likeness (QED) is 0.228. The van der Waals surface area contributed by atoms with Crippen LogP contribution in [0.2, 0.25) is 0 Å². The second-order valence-corrected chi connectivity index (χ2v) is 12.4. The summed E-state index contributed by atoms with van der Waals surface area (Å²) in [5.74, 6) is 0.453. The Morgan fingerprint density at radius 2 is 1.71 bits per heavy atom. The van der Waals surface area contributed by atoms with E-state index in [1.807, 2.05) is 44.2 Å². The van der Waals surface area contributed by atoms with Crippen molar-refractivity contribution in [3.05, 3.63) is 105 Å². The first-order chi connectivity index (χ1) is 20.1. The van der Waals surface area contributed by atoms with Crippen molar-refractivity contribution in [2.24, 2.45) is 4.99 Å². The van der Waals surface area contributed by atoms with E-state index in [2.05, 4.69) is 42.5 Å². The van der Waals surface area contributed by atoms with Gasteiger partial charge in [0.2, 0.25) is 0 Å². The van der Waals surface area contributed by atoms with Crippen molar-refractivity contribution in [1.29, 1.82) is 0 Å². The Bertz CT molecular complexity index is 1920. The minimum Gasteiger partial charge on any atom is -0.493 e. The summed E-state index contributed by atoms with van der Waals surface area (Å²) in [5.41, 5.74) is 5.16. The average molecular weight is 715 g/mol. The fourth-order valence-corrected chi connectivity index (χ4v) is 7.07. The number of ether oxygens (including phenoxy) is 3. The zero-order valence-electron chi connectivity index (χ0n) is 24.0. The predicted molar refractivity (Wildman–Crippen MR) is 171 cm³/mol. The Balaban J connectivity index is 1.73. The van der Waals surface area contributed by atoms with E-state index in [4.69, 9.17) is 19.2 Å². The molecular formula is C31H29Br2N3O5S. The molecule has 0 unspecified atom stereocenters. The van der Waals surface area contributed by atoms with Crippen LogP contribution in [-0.4, -0.2) is 35.9 Å². The summed E-state index contributed by atoms with van der Waals surface area (Å²) in [7, 11) is 3.09. The second kappa shape index (κ2) is 12.1. The lowest BCUT2D eigenvalue weighted by Crippen LogP contribution is -2.40. The third-order valence-electron chi connectivity index (χ3n) is 7.16. The van der Waals surface area contributed by atoms with Crippen LogP contribution in [0, 0.1) is 13.8 Å². The lowest BCUT2D eigenvalue weighted by molar-refractivity contribution is -0.139. The lowest BCUT2D eigenvalue weighted by Gasteiger charge is -2.26. The van der Waals surface area contributed by atoms with Gasteiger partial charge in [0.15, 0.2) is 16.3 Å². The van der Waals surface area contributed by atoms with Crippen molar-refractivity contribution in [2.75, 3.05) is 20.8 Å². The summed E-state index contributed by atoms with van der Waals surface area (Å²) in [6.07, 6.45) is 1.89. The molecule has 1 aliphatic heterocycles. The van der Waals surface area contributed by atoms with E-state index < -0.39 is 12.0 Å². The zero-order chi connectivity index (χ0) is 30.3. The molecule has 0 saturated carbocycles. The lowest BCUT2D eigenvalue weighted by atomic mass is 9.95. The number of methoxy groups -OCH3 is 2. The number of allylic oxidation sites excluding steroid dienone is 1. The molecule has 0 radical (unpaired) electrons. The normalized spacial score (nSPS) is 15.0. The van der Waals surface area contributed by atoms with Crippen LogP contribution >= 0.6 is 43.2 Å². The van der Waals surface area contributed by atoms with Gasteiger partial charge in [-0.1, -0.05) is 43.2 Å². The van der Waals surface area contributed by atoms with Crippen molar-refractivity contribution in [1.82, 2.24) is 9.13 Å². The Morgan fingerprint density at radius 1 is 1.05 bits per heavy atom. The number of halogens is 2. The van der Waals surface area contributed by atoms with E-state index in [1.54, 1.807) is 44.8 Å². The van der Waals surface area contributed by atoms with Gasteiger partial charge in [0, 0.05) is 26.0 Å². The zero-order valence-corrected chi connectivity index (χ0v) is 27.9. The number of thiazole rings is 1. The van der Waals surface area contributed by atoms with E-state index in [-0.39, 0.29) is 17.7 Å². The number of aromatic nitrogens is 2. The molecule has 11 heteroatoms. The van der Waals surface area contributed by atoms with Gasteiger partial charge in [0.25, 0.3) is 5.56 Å². The van der Waals surface area contributed by atoms with Crippen molar-refractivity contribution in [2.45, 2.75) is 33.7 Å². The van der Waals surface area contributed by atoms with E-state index >= 15 is 0 Å². The number of aryl methyl sites for hydroxylation is 1. The minimum atomic E-state index is -0.799. The molecule has 2 aromatic carbocycles. The molecular weight excluding hydrogens is 686 g/mol. The molecule has 0 fully saturated rings. The number of carbonyl (C=O) groups excluding carboxylic acids is 1. The number of benzene rings is 2. The number of carbonyl (C=O) groups is 1. The SMILES string of the molecule is CCOC(=O)C1=C(C)N=c2s/c(=C\c3cc(C)n(-c4ccc(Br)cc4)c3C)c(=O)n2[C@H]1c1cc(OC)c(OC)cc1Br. The van der Waals surface area contributed by atoms with Crippen LogP contribution in [0.5, 0.6) is 11.5 Å². The first kappa shape index (κ1) is 30.1. The summed E-state index contributed by atoms with van der Waals surface area (Å²) in [6, 6.07) is 12.9. The summed E-state index contributed by atoms with van der Waals surface area (Å²) in [5, 5.41) is 0. The molecule has 218 valence electrons. The molecule has 0 N–H and O–H groups in total. The van der Waals surface area contributed by atoms with Gasteiger partial charge < -0.3 is 18.8 Å². The summed E-state index contributed by atoms with van der Waals surface area (Å²) >= 11 is 8.43. The monoisotopic (exact) mass is 713 g/mol. The van der Waals surface area contributed by atoms with Gasteiger partial charge in [0.1, 0.15) is 0 Å². The van der Waals surface area contributed by atoms with E-state index in [1.165, 1.54) is 11.3 Å². The molecule has 3 heterocycles.